The van der Waals surface area contributed by atoms with E-state index in [1.807, 2.05) is 11.9 Å². The lowest BCUT2D eigenvalue weighted by atomic mass is 10.2. The predicted molar refractivity (Wildman–Crippen MR) is 51.1 cm³/mol. The average molecular weight is 226 g/mol. The molecular formula is C8H17BrFN. The van der Waals surface area contributed by atoms with Gasteiger partial charge >= 0.3 is 0 Å². The summed E-state index contributed by atoms with van der Waals surface area (Å²) in [6, 6.07) is 0. The van der Waals surface area contributed by atoms with Gasteiger partial charge in [-0.2, -0.15) is 0 Å². The van der Waals surface area contributed by atoms with Crippen molar-refractivity contribution in [1.82, 2.24) is 4.90 Å². The molecule has 0 spiro atoms. The van der Waals surface area contributed by atoms with Crippen molar-refractivity contribution in [3.8, 4) is 0 Å². The quantitative estimate of drug-likeness (QED) is 0.476. The second kappa shape index (κ2) is 8.47. The number of rotatable bonds is 7. The molecule has 0 N–H and O–H groups in total. The smallest absolute Gasteiger partial charge is 0.102 e. The van der Waals surface area contributed by atoms with Crippen LogP contribution >= 0.6 is 15.9 Å². The molecule has 0 saturated carbocycles. The zero-order valence-electron chi connectivity index (χ0n) is 7.15. The molecule has 0 aromatic carbocycles. The van der Waals surface area contributed by atoms with Crippen LogP contribution in [0.5, 0.6) is 0 Å². The fraction of sp³-hybridized carbons (Fsp3) is 1.00. The van der Waals surface area contributed by atoms with Gasteiger partial charge in [0.05, 0.1) is 0 Å². The Bertz CT molecular complexity index is 80.5. The molecule has 0 fully saturated rings. The summed E-state index contributed by atoms with van der Waals surface area (Å²) in [5.41, 5.74) is 0. The summed E-state index contributed by atoms with van der Waals surface area (Å²) in [5, 5.41) is 1.08. The molecule has 0 aromatic rings. The molecule has 0 rings (SSSR count). The standard InChI is InChI=1S/C8H17BrFN/c1-11(8-6-10)7-4-2-3-5-9/h2-8H2,1H3. The number of unbranched alkanes of at least 4 members (excludes halogenated alkanes) is 2. The van der Waals surface area contributed by atoms with Crippen molar-refractivity contribution in [2.45, 2.75) is 19.3 Å². The highest BCUT2D eigenvalue weighted by Gasteiger charge is 1.95. The van der Waals surface area contributed by atoms with E-state index < -0.39 is 0 Å². The molecule has 3 heteroatoms. The number of halogens is 2. The minimum atomic E-state index is -0.227. The molecule has 0 aliphatic rings. The molecule has 11 heavy (non-hydrogen) atoms. The zero-order valence-corrected chi connectivity index (χ0v) is 8.74. The Morgan fingerprint density at radius 1 is 1.18 bits per heavy atom. The molecule has 0 radical (unpaired) electrons. The summed E-state index contributed by atoms with van der Waals surface area (Å²) in [6.45, 7) is 1.38. The first-order chi connectivity index (χ1) is 5.31. The van der Waals surface area contributed by atoms with Crippen LogP contribution in [0.4, 0.5) is 4.39 Å². The lowest BCUT2D eigenvalue weighted by Gasteiger charge is -2.13. The number of alkyl halides is 2. The van der Waals surface area contributed by atoms with E-state index in [1.54, 1.807) is 0 Å². The molecule has 68 valence electrons. The van der Waals surface area contributed by atoms with Crippen molar-refractivity contribution in [3.63, 3.8) is 0 Å². The molecule has 0 heterocycles. The van der Waals surface area contributed by atoms with Gasteiger partial charge in [-0.15, -0.1) is 0 Å². The minimum absolute atomic E-state index is 0.227. The highest BCUT2D eigenvalue weighted by Crippen LogP contribution is 1.99. The topological polar surface area (TPSA) is 3.24 Å². The van der Waals surface area contributed by atoms with E-state index in [9.17, 15) is 4.39 Å². The van der Waals surface area contributed by atoms with Gasteiger partial charge in [0.1, 0.15) is 6.67 Å². The van der Waals surface area contributed by atoms with Gasteiger partial charge in [-0.3, -0.25) is 0 Å². The van der Waals surface area contributed by atoms with E-state index in [1.165, 1.54) is 19.3 Å². The summed E-state index contributed by atoms with van der Waals surface area (Å²) in [5.74, 6) is 0. The maximum atomic E-state index is 11.8. The van der Waals surface area contributed by atoms with Gasteiger partial charge < -0.3 is 4.90 Å². The van der Waals surface area contributed by atoms with Crippen LogP contribution in [-0.4, -0.2) is 37.0 Å². The van der Waals surface area contributed by atoms with Gasteiger partial charge in [0.25, 0.3) is 0 Å². The highest BCUT2D eigenvalue weighted by atomic mass is 79.9. The lowest BCUT2D eigenvalue weighted by Crippen LogP contribution is -2.21. The molecule has 0 unspecified atom stereocenters. The first kappa shape index (κ1) is 11.4. The van der Waals surface area contributed by atoms with Crippen LogP contribution < -0.4 is 0 Å². The number of hydrogen-bond donors (Lipinski definition) is 0. The fourth-order valence-corrected chi connectivity index (χ4v) is 1.31. The molecule has 0 bridgehead atoms. The normalized spacial score (nSPS) is 10.9. The van der Waals surface area contributed by atoms with Gasteiger partial charge in [0.15, 0.2) is 0 Å². The molecule has 0 aliphatic heterocycles. The van der Waals surface area contributed by atoms with E-state index in [0.29, 0.717) is 6.54 Å². The van der Waals surface area contributed by atoms with Gasteiger partial charge in [0.2, 0.25) is 0 Å². The average Bonchev–Trinajstić information content (AvgIpc) is 1.99. The molecule has 1 nitrogen and oxygen atoms in total. The van der Waals surface area contributed by atoms with Crippen molar-refractivity contribution in [1.29, 1.82) is 0 Å². The minimum Gasteiger partial charge on any atom is -0.304 e. The number of nitrogens with zero attached hydrogens (tertiary/aromatic N) is 1. The molecule has 0 aromatic heterocycles. The molecule has 0 saturated heterocycles. The Labute approximate surface area is 77.1 Å². The van der Waals surface area contributed by atoms with Gasteiger partial charge in [-0.05, 0) is 26.4 Å². The van der Waals surface area contributed by atoms with Crippen molar-refractivity contribution < 1.29 is 4.39 Å². The third-order valence-electron chi connectivity index (χ3n) is 1.64. The van der Waals surface area contributed by atoms with Gasteiger partial charge in [-0.1, -0.05) is 22.4 Å². The third-order valence-corrected chi connectivity index (χ3v) is 2.20. The Kier molecular flexibility index (Phi) is 8.75. The molecule has 0 amide bonds. The van der Waals surface area contributed by atoms with Crippen LogP contribution in [0.25, 0.3) is 0 Å². The first-order valence-electron chi connectivity index (χ1n) is 4.11. The Hall–Kier alpha value is 0.370. The zero-order chi connectivity index (χ0) is 8.53. The summed E-state index contributed by atoms with van der Waals surface area (Å²) in [4.78, 5) is 2.04. The van der Waals surface area contributed by atoms with Crippen LogP contribution in [0.15, 0.2) is 0 Å². The summed E-state index contributed by atoms with van der Waals surface area (Å²) < 4.78 is 11.8. The molecular weight excluding hydrogens is 209 g/mol. The van der Waals surface area contributed by atoms with Crippen LogP contribution in [0.1, 0.15) is 19.3 Å². The van der Waals surface area contributed by atoms with E-state index in [0.717, 1.165) is 11.9 Å². The Morgan fingerprint density at radius 2 is 1.91 bits per heavy atom. The monoisotopic (exact) mass is 225 g/mol. The largest absolute Gasteiger partial charge is 0.304 e. The SMILES string of the molecule is CN(CCF)CCCCCBr. The van der Waals surface area contributed by atoms with Crippen molar-refractivity contribution in [2.24, 2.45) is 0 Å². The van der Waals surface area contributed by atoms with E-state index in [2.05, 4.69) is 15.9 Å². The summed E-state index contributed by atoms with van der Waals surface area (Å²) in [7, 11) is 1.97. The Balaban J connectivity index is 2.97. The van der Waals surface area contributed by atoms with Crippen molar-refractivity contribution in [3.05, 3.63) is 0 Å². The maximum Gasteiger partial charge on any atom is 0.102 e. The van der Waals surface area contributed by atoms with Crippen LogP contribution in [0.2, 0.25) is 0 Å². The van der Waals surface area contributed by atoms with E-state index in [-0.39, 0.29) is 6.67 Å². The van der Waals surface area contributed by atoms with Crippen LogP contribution in [-0.2, 0) is 0 Å². The number of hydrogen-bond acceptors (Lipinski definition) is 1. The fourth-order valence-electron chi connectivity index (χ4n) is 0.909. The summed E-state index contributed by atoms with van der Waals surface area (Å²) >= 11 is 3.37. The van der Waals surface area contributed by atoms with Gasteiger partial charge in [-0.25, -0.2) is 4.39 Å². The van der Waals surface area contributed by atoms with E-state index in [4.69, 9.17) is 0 Å². The van der Waals surface area contributed by atoms with Crippen molar-refractivity contribution in [2.75, 3.05) is 32.1 Å². The van der Waals surface area contributed by atoms with Crippen LogP contribution in [0.3, 0.4) is 0 Å². The van der Waals surface area contributed by atoms with E-state index >= 15 is 0 Å². The van der Waals surface area contributed by atoms with Crippen molar-refractivity contribution >= 4 is 15.9 Å². The molecule has 0 aliphatic carbocycles. The maximum absolute atomic E-state index is 11.8. The summed E-state index contributed by atoms with van der Waals surface area (Å²) in [6.07, 6.45) is 3.65. The molecule has 0 atom stereocenters. The lowest BCUT2D eigenvalue weighted by molar-refractivity contribution is 0.290. The second-order valence-electron chi connectivity index (χ2n) is 2.74. The van der Waals surface area contributed by atoms with Crippen LogP contribution in [0, 0.1) is 0 Å². The second-order valence-corrected chi connectivity index (χ2v) is 3.53. The third kappa shape index (κ3) is 8.27. The predicted octanol–water partition coefficient (Wildman–Crippen LogP) is 2.45. The Morgan fingerprint density at radius 3 is 2.45 bits per heavy atom. The first-order valence-corrected chi connectivity index (χ1v) is 5.24. The highest BCUT2D eigenvalue weighted by molar-refractivity contribution is 9.09. The van der Waals surface area contributed by atoms with Gasteiger partial charge in [0, 0.05) is 11.9 Å².